The summed E-state index contributed by atoms with van der Waals surface area (Å²) >= 11 is 0. The lowest BCUT2D eigenvalue weighted by atomic mass is 9.92. The van der Waals surface area contributed by atoms with Gasteiger partial charge in [-0.05, 0) is 50.7 Å². The molecule has 8 nitrogen and oxygen atoms in total. The minimum atomic E-state index is -1.01. The van der Waals surface area contributed by atoms with E-state index in [0.29, 0.717) is 25.3 Å². The van der Waals surface area contributed by atoms with Crippen molar-refractivity contribution in [1.82, 2.24) is 0 Å². The monoisotopic (exact) mass is 408 g/mol. The van der Waals surface area contributed by atoms with E-state index in [9.17, 15) is 20.0 Å². The molecule has 0 aromatic heterocycles. The summed E-state index contributed by atoms with van der Waals surface area (Å²) in [5.74, 6) is -0.490. The van der Waals surface area contributed by atoms with Crippen molar-refractivity contribution in [3.8, 4) is 0 Å². The molecule has 1 saturated heterocycles. The summed E-state index contributed by atoms with van der Waals surface area (Å²) in [6, 6.07) is 5.20. The van der Waals surface area contributed by atoms with Gasteiger partial charge in [0.2, 0.25) is 0 Å². The van der Waals surface area contributed by atoms with Gasteiger partial charge in [0.15, 0.2) is 0 Å². The lowest BCUT2D eigenvalue weighted by molar-refractivity contribution is -0.384. The lowest BCUT2D eigenvalue weighted by Crippen LogP contribution is -2.47. The number of nitrogens with zero attached hydrogens (tertiary/aromatic N) is 2. The minimum Gasteiger partial charge on any atom is -0.469 e. The Balaban J connectivity index is 2.44. The number of aliphatic hydroxyl groups is 1. The van der Waals surface area contributed by atoms with Crippen LogP contribution in [-0.4, -0.2) is 54.5 Å². The highest BCUT2D eigenvalue weighted by molar-refractivity contribution is 5.71. The van der Waals surface area contributed by atoms with Crippen LogP contribution >= 0.6 is 0 Å². The average Bonchev–Trinajstić information content (AvgIpc) is 2.69. The largest absolute Gasteiger partial charge is 0.469 e. The fourth-order valence-corrected chi connectivity index (χ4v) is 3.79. The van der Waals surface area contributed by atoms with Gasteiger partial charge >= 0.3 is 5.97 Å². The maximum atomic E-state index is 11.9. The third kappa shape index (κ3) is 6.40. The third-order valence-corrected chi connectivity index (χ3v) is 5.30. The SMILES string of the molecule is CC[C@@H](CC(=O)OC)c1ccc(N(CC(C)(C)O)C2CCOCC2)c([N+](=O)[O-])c1. The molecule has 162 valence electrons. The molecule has 8 heteroatoms. The van der Waals surface area contributed by atoms with Gasteiger partial charge in [0.05, 0.1) is 24.1 Å². The van der Waals surface area contributed by atoms with Crippen molar-refractivity contribution in [2.75, 3.05) is 31.8 Å². The topological polar surface area (TPSA) is 102 Å². The maximum Gasteiger partial charge on any atom is 0.306 e. The quantitative estimate of drug-likeness (QED) is 0.379. The van der Waals surface area contributed by atoms with E-state index >= 15 is 0 Å². The summed E-state index contributed by atoms with van der Waals surface area (Å²) in [6.45, 7) is 6.80. The first kappa shape index (κ1) is 23.1. The molecule has 0 aliphatic carbocycles. The fourth-order valence-electron chi connectivity index (χ4n) is 3.79. The molecule has 0 radical (unpaired) electrons. The fraction of sp³-hybridized carbons (Fsp3) is 0.667. The molecular weight excluding hydrogens is 376 g/mol. The summed E-state index contributed by atoms with van der Waals surface area (Å²) in [5, 5.41) is 22.3. The molecule has 1 aliphatic rings. The third-order valence-electron chi connectivity index (χ3n) is 5.30. The molecule has 1 aromatic rings. The standard InChI is InChI=1S/C21H32N2O6/c1-5-15(13-20(24)28-4)16-6-7-18(19(12-16)23(26)27)22(14-21(2,3)25)17-8-10-29-11-9-17/h6-7,12,15,17,25H,5,8-11,13-14H2,1-4H3/t15-/m0/s1. The number of ether oxygens (including phenoxy) is 2. The Labute approximate surface area is 171 Å². The Kier molecular flexibility index (Phi) is 7.98. The van der Waals surface area contributed by atoms with Crippen molar-refractivity contribution < 1.29 is 24.3 Å². The highest BCUT2D eigenvalue weighted by atomic mass is 16.6. The zero-order valence-corrected chi connectivity index (χ0v) is 17.7. The van der Waals surface area contributed by atoms with Crippen molar-refractivity contribution in [3.63, 3.8) is 0 Å². The molecule has 1 aromatic carbocycles. The molecular formula is C21H32N2O6. The van der Waals surface area contributed by atoms with Crippen LogP contribution in [0.4, 0.5) is 11.4 Å². The minimum absolute atomic E-state index is 0.0124. The molecule has 1 heterocycles. The van der Waals surface area contributed by atoms with Crippen molar-refractivity contribution in [3.05, 3.63) is 33.9 Å². The maximum absolute atomic E-state index is 11.9. The van der Waals surface area contributed by atoms with E-state index in [4.69, 9.17) is 9.47 Å². The summed E-state index contributed by atoms with van der Waals surface area (Å²) in [6.07, 6.45) is 2.33. The Bertz CT molecular complexity index is 710. The van der Waals surface area contributed by atoms with Gasteiger partial charge in [-0.3, -0.25) is 14.9 Å². The van der Waals surface area contributed by atoms with Crippen molar-refractivity contribution in [2.24, 2.45) is 0 Å². The number of anilines is 1. The number of esters is 1. The molecule has 0 saturated carbocycles. The Morgan fingerprint density at radius 2 is 2.07 bits per heavy atom. The normalized spacial score (nSPS) is 16.3. The second-order valence-electron chi connectivity index (χ2n) is 8.17. The number of carbonyl (C=O) groups is 1. The lowest BCUT2D eigenvalue weighted by Gasteiger charge is -2.39. The number of benzene rings is 1. The Morgan fingerprint density at radius 1 is 1.41 bits per heavy atom. The van der Waals surface area contributed by atoms with Gasteiger partial charge in [-0.1, -0.05) is 13.0 Å². The van der Waals surface area contributed by atoms with Crippen LogP contribution in [-0.2, 0) is 14.3 Å². The zero-order chi connectivity index (χ0) is 21.6. The first-order valence-corrected chi connectivity index (χ1v) is 10.1. The van der Waals surface area contributed by atoms with Crippen LogP contribution in [0.1, 0.15) is 57.9 Å². The average molecular weight is 408 g/mol. The van der Waals surface area contributed by atoms with Crippen LogP contribution in [0.25, 0.3) is 0 Å². The zero-order valence-electron chi connectivity index (χ0n) is 17.7. The van der Waals surface area contributed by atoms with E-state index in [-0.39, 0.29) is 41.5 Å². The van der Waals surface area contributed by atoms with E-state index in [1.807, 2.05) is 17.9 Å². The predicted molar refractivity (Wildman–Crippen MR) is 110 cm³/mol. The van der Waals surface area contributed by atoms with Gasteiger partial charge in [-0.15, -0.1) is 0 Å². The molecule has 1 N–H and O–H groups in total. The van der Waals surface area contributed by atoms with Crippen LogP contribution < -0.4 is 4.90 Å². The molecule has 1 atom stereocenters. The van der Waals surface area contributed by atoms with Crippen molar-refractivity contribution >= 4 is 17.3 Å². The van der Waals surface area contributed by atoms with Crippen LogP contribution in [0.15, 0.2) is 18.2 Å². The second-order valence-corrected chi connectivity index (χ2v) is 8.17. The molecule has 0 unspecified atom stereocenters. The summed E-state index contributed by atoms with van der Waals surface area (Å²) in [4.78, 5) is 25.2. The van der Waals surface area contributed by atoms with E-state index < -0.39 is 5.60 Å². The van der Waals surface area contributed by atoms with Crippen LogP contribution in [0, 0.1) is 10.1 Å². The molecule has 0 amide bonds. The van der Waals surface area contributed by atoms with Crippen LogP contribution in [0.5, 0.6) is 0 Å². The first-order valence-electron chi connectivity index (χ1n) is 10.1. The van der Waals surface area contributed by atoms with Gasteiger partial charge in [0.1, 0.15) is 5.69 Å². The predicted octanol–water partition coefficient (Wildman–Crippen LogP) is 3.41. The number of nitro benzene ring substituents is 1. The van der Waals surface area contributed by atoms with Gasteiger partial charge in [-0.25, -0.2) is 0 Å². The number of hydrogen-bond donors (Lipinski definition) is 1. The highest BCUT2D eigenvalue weighted by Gasteiger charge is 2.32. The second kappa shape index (κ2) is 10.0. The smallest absolute Gasteiger partial charge is 0.306 e. The van der Waals surface area contributed by atoms with Gasteiger partial charge in [0.25, 0.3) is 5.69 Å². The molecule has 29 heavy (non-hydrogen) atoms. The Morgan fingerprint density at radius 3 is 2.59 bits per heavy atom. The van der Waals surface area contributed by atoms with Gasteiger partial charge in [-0.2, -0.15) is 0 Å². The van der Waals surface area contributed by atoms with E-state index in [0.717, 1.165) is 18.4 Å². The number of hydrogen-bond acceptors (Lipinski definition) is 7. The molecule has 2 rings (SSSR count). The number of methoxy groups -OCH3 is 1. The number of nitro groups is 1. The van der Waals surface area contributed by atoms with E-state index in [1.54, 1.807) is 26.0 Å². The molecule has 0 bridgehead atoms. The molecule has 1 fully saturated rings. The summed E-state index contributed by atoms with van der Waals surface area (Å²) in [7, 11) is 1.34. The number of rotatable bonds is 9. The highest BCUT2D eigenvalue weighted by Crippen LogP contribution is 2.36. The van der Waals surface area contributed by atoms with E-state index in [1.165, 1.54) is 7.11 Å². The summed E-state index contributed by atoms with van der Waals surface area (Å²) in [5.41, 5.74) is 0.201. The Hall–Kier alpha value is -2.19. The molecule has 1 aliphatic heterocycles. The summed E-state index contributed by atoms with van der Waals surface area (Å²) < 4.78 is 10.2. The van der Waals surface area contributed by atoms with Crippen LogP contribution in [0.2, 0.25) is 0 Å². The molecule has 0 spiro atoms. The number of carbonyl (C=O) groups excluding carboxylic acids is 1. The van der Waals surface area contributed by atoms with Crippen molar-refractivity contribution in [2.45, 2.75) is 64.0 Å². The van der Waals surface area contributed by atoms with Crippen LogP contribution in [0.3, 0.4) is 0 Å². The first-order chi connectivity index (χ1) is 13.7. The van der Waals surface area contributed by atoms with Gasteiger partial charge in [0, 0.05) is 31.9 Å². The van der Waals surface area contributed by atoms with E-state index in [2.05, 4.69) is 0 Å². The van der Waals surface area contributed by atoms with Crippen molar-refractivity contribution in [1.29, 1.82) is 0 Å². The van der Waals surface area contributed by atoms with Gasteiger partial charge < -0.3 is 19.5 Å².